The summed E-state index contributed by atoms with van der Waals surface area (Å²) in [6.45, 7) is 0.194. The van der Waals surface area contributed by atoms with Gasteiger partial charge in [-0.2, -0.15) is 0 Å². The molecule has 2 amide bonds. The number of halogens is 1. The van der Waals surface area contributed by atoms with Gasteiger partial charge in [-0.05, 0) is 18.1 Å². The zero-order chi connectivity index (χ0) is 12.4. The molecule has 0 bridgehead atoms. The van der Waals surface area contributed by atoms with Crippen LogP contribution in [0, 0.1) is 5.82 Å². The molecule has 1 aliphatic rings. The maximum atomic E-state index is 13.7. The molecular formula is C11H12FN3O2. The van der Waals surface area contributed by atoms with Gasteiger partial charge >= 0.3 is 0 Å². The summed E-state index contributed by atoms with van der Waals surface area (Å²) in [5.41, 5.74) is 6.01. The van der Waals surface area contributed by atoms with Crippen LogP contribution in [-0.4, -0.2) is 16.8 Å². The van der Waals surface area contributed by atoms with E-state index < -0.39 is 17.6 Å². The zero-order valence-corrected chi connectivity index (χ0v) is 9.07. The highest BCUT2D eigenvalue weighted by molar-refractivity contribution is 6.00. The Hall–Kier alpha value is -1.82. The normalized spacial score (nSPS) is 20.2. The SMILES string of the molecule is NCc1cnc(C2CCC(=O)NC2=O)c(F)c1. The quantitative estimate of drug-likeness (QED) is 0.719. The predicted molar refractivity (Wildman–Crippen MR) is 57.2 cm³/mol. The number of carbonyl (C=O) groups excluding carboxylic acids is 2. The number of piperidine rings is 1. The van der Waals surface area contributed by atoms with Crippen molar-refractivity contribution in [3.05, 3.63) is 29.3 Å². The topological polar surface area (TPSA) is 85.1 Å². The lowest BCUT2D eigenvalue weighted by Crippen LogP contribution is -2.40. The van der Waals surface area contributed by atoms with Crippen LogP contribution in [0.4, 0.5) is 4.39 Å². The second kappa shape index (κ2) is 4.58. The Bertz CT molecular complexity index is 476. The minimum absolute atomic E-state index is 0.0761. The number of amides is 2. The number of hydrogen-bond acceptors (Lipinski definition) is 4. The van der Waals surface area contributed by atoms with E-state index >= 15 is 0 Å². The van der Waals surface area contributed by atoms with Crippen molar-refractivity contribution in [3.8, 4) is 0 Å². The lowest BCUT2D eigenvalue weighted by Gasteiger charge is -2.20. The fraction of sp³-hybridized carbons (Fsp3) is 0.364. The molecule has 1 saturated heterocycles. The summed E-state index contributed by atoms with van der Waals surface area (Å²) < 4.78 is 13.7. The van der Waals surface area contributed by atoms with E-state index in [1.807, 2.05) is 0 Å². The molecular weight excluding hydrogens is 225 g/mol. The maximum absolute atomic E-state index is 13.7. The molecule has 0 aliphatic carbocycles. The molecule has 1 aliphatic heterocycles. The Balaban J connectivity index is 2.28. The number of hydrogen-bond donors (Lipinski definition) is 2. The maximum Gasteiger partial charge on any atom is 0.235 e. The van der Waals surface area contributed by atoms with Gasteiger partial charge < -0.3 is 5.73 Å². The first-order valence-corrected chi connectivity index (χ1v) is 5.30. The standard InChI is InChI=1S/C11H12FN3O2/c12-8-3-6(4-13)5-14-10(8)7-1-2-9(16)15-11(7)17/h3,5,7H,1-2,4,13H2,(H,15,16,17). The van der Waals surface area contributed by atoms with Crippen LogP contribution in [0.25, 0.3) is 0 Å². The van der Waals surface area contributed by atoms with E-state index in [2.05, 4.69) is 10.3 Å². The predicted octanol–water partition coefficient (Wildman–Crippen LogP) is 0.200. The fourth-order valence-electron chi connectivity index (χ4n) is 1.81. The number of imide groups is 1. The van der Waals surface area contributed by atoms with E-state index in [1.54, 1.807) is 0 Å². The molecule has 5 nitrogen and oxygen atoms in total. The van der Waals surface area contributed by atoms with Gasteiger partial charge in [0.05, 0.1) is 11.6 Å². The molecule has 6 heteroatoms. The molecule has 1 aromatic heterocycles. The molecule has 1 unspecified atom stereocenters. The molecule has 1 atom stereocenters. The van der Waals surface area contributed by atoms with E-state index in [-0.39, 0.29) is 31.0 Å². The van der Waals surface area contributed by atoms with Gasteiger partial charge in [-0.3, -0.25) is 19.9 Å². The largest absolute Gasteiger partial charge is 0.326 e. The van der Waals surface area contributed by atoms with Crippen molar-refractivity contribution >= 4 is 11.8 Å². The van der Waals surface area contributed by atoms with Gasteiger partial charge in [0, 0.05) is 19.2 Å². The van der Waals surface area contributed by atoms with Crippen LogP contribution >= 0.6 is 0 Å². The second-order valence-electron chi connectivity index (χ2n) is 3.92. The Morgan fingerprint density at radius 3 is 2.88 bits per heavy atom. The van der Waals surface area contributed by atoms with Crippen molar-refractivity contribution in [2.45, 2.75) is 25.3 Å². The van der Waals surface area contributed by atoms with Gasteiger partial charge in [0.2, 0.25) is 11.8 Å². The second-order valence-corrected chi connectivity index (χ2v) is 3.92. The first-order chi connectivity index (χ1) is 8.11. The lowest BCUT2D eigenvalue weighted by atomic mass is 9.93. The zero-order valence-electron chi connectivity index (χ0n) is 9.07. The molecule has 2 rings (SSSR count). The summed E-state index contributed by atoms with van der Waals surface area (Å²) in [5, 5.41) is 2.17. The number of carbonyl (C=O) groups is 2. The number of nitrogens with one attached hydrogen (secondary N) is 1. The van der Waals surface area contributed by atoms with Gasteiger partial charge in [0.1, 0.15) is 5.82 Å². The Kier molecular flexibility index (Phi) is 3.14. The van der Waals surface area contributed by atoms with Gasteiger partial charge in [-0.15, -0.1) is 0 Å². The number of rotatable bonds is 2. The van der Waals surface area contributed by atoms with Crippen molar-refractivity contribution in [2.75, 3.05) is 0 Å². The average Bonchev–Trinajstić information content (AvgIpc) is 2.30. The van der Waals surface area contributed by atoms with E-state index in [0.717, 1.165) is 0 Å². The van der Waals surface area contributed by atoms with Crippen LogP contribution < -0.4 is 11.1 Å². The number of pyridine rings is 1. The summed E-state index contributed by atoms with van der Waals surface area (Å²) in [6, 6.07) is 1.27. The molecule has 0 saturated carbocycles. The van der Waals surface area contributed by atoms with Crippen LogP contribution in [0.1, 0.15) is 30.0 Å². The van der Waals surface area contributed by atoms with Crippen LogP contribution in [0.5, 0.6) is 0 Å². The molecule has 0 radical (unpaired) electrons. The smallest absolute Gasteiger partial charge is 0.235 e. The third-order valence-electron chi connectivity index (χ3n) is 2.73. The molecule has 1 aromatic rings. The highest BCUT2D eigenvalue weighted by atomic mass is 19.1. The summed E-state index contributed by atoms with van der Waals surface area (Å²) in [4.78, 5) is 26.4. The van der Waals surface area contributed by atoms with E-state index in [1.165, 1.54) is 12.3 Å². The third kappa shape index (κ3) is 2.31. The van der Waals surface area contributed by atoms with Crippen LogP contribution in [0.3, 0.4) is 0 Å². The molecule has 2 heterocycles. The monoisotopic (exact) mass is 237 g/mol. The number of nitrogens with zero attached hydrogens (tertiary/aromatic N) is 1. The van der Waals surface area contributed by atoms with Gasteiger partial charge in [-0.1, -0.05) is 0 Å². The van der Waals surface area contributed by atoms with E-state index in [9.17, 15) is 14.0 Å². The minimum Gasteiger partial charge on any atom is -0.326 e. The average molecular weight is 237 g/mol. The van der Waals surface area contributed by atoms with Crippen molar-refractivity contribution in [1.29, 1.82) is 0 Å². The van der Waals surface area contributed by atoms with E-state index in [0.29, 0.717) is 5.56 Å². The molecule has 17 heavy (non-hydrogen) atoms. The Morgan fingerprint density at radius 2 is 2.29 bits per heavy atom. The molecule has 3 N–H and O–H groups in total. The van der Waals surface area contributed by atoms with Crippen molar-refractivity contribution < 1.29 is 14.0 Å². The van der Waals surface area contributed by atoms with Gasteiger partial charge in [-0.25, -0.2) is 4.39 Å². The molecule has 90 valence electrons. The first kappa shape index (κ1) is 11.7. The molecule has 1 fully saturated rings. The highest BCUT2D eigenvalue weighted by Crippen LogP contribution is 2.25. The number of aromatic nitrogens is 1. The fourth-order valence-corrected chi connectivity index (χ4v) is 1.81. The summed E-state index contributed by atoms with van der Waals surface area (Å²) in [7, 11) is 0. The third-order valence-corrected chi connectivity index (χ3v) is 2.73. The van der Waals surface area contributed by atoms with Crippen LogP contribution in [-0.2, 0) is 16.1 Å². The summed E-state index contributed by atoms with van der Waals surface area (Å²) >= 11 is 0. The van der Waals surface area contributed by atoms with Crippen molar-refractivity contribution in [3.63, 3.8) is 0 Å². The number of nitrogens with two attached hydrogens (primary N) is 1. The summed E-state index contributed by atoms with van der Waals surface area (Å²) in [5.74, 6) is -2.07. The minimum atomic E-state index is -0.695. The lowest BCUT2D eigenvalue weighted by molar-refractivity contribution is -0.134. The van der Waals surface area contributed by atoms with E-state index in [4.69, 9.17) is 5.73 Å². The highest BCUT2D eigenvalue weighted by Gasteiger charge is 2.31. The van der Waals surface area contributed by atoms with Crippen molar-refractivity contribution in [1.82, 2.24) is 10.3 Å². The Labute approximate surface area is 97.2 Å². The van der Waals surface area contributed by atoms with Crippen molar-refractivity contribution in [2.24, 2.45) is 5.73 Å². The summed E-state index contributed by atoms with van der Waals surface area (Å²) in [6.07, 6.45) is 1.94. The molecule has 0 spiro atoms. The molecule has 0 aromatic carbocycles. The van der Waals surface area contributed by atoms with Gasteiger partial charge in [0.15, 0.2) is 0 Å². The Morgan fingerprint density at radius 1 is 1.53 bits per heavy atom. The van der Waals surface area contributed by atoms with Crippen LogP contribution in [0.15, 0.2) is 12.3 Å². The first-order valence-electron chi connectivity index (χ1n) is 5.30. The van der Waals surface area contributed by atoms with Gasteiger partial charge in [0.25, 0.3) is 0 Å². The van der Waals surface area contributed by atoms with Crippen LogP contribution in [0.2, 0.25) is 0 Å².